The summed E-state index contributed by atoms with van der Waals surface area (Å²) in [6.45, 7) is 3.30. The van der Waals surface area contributed by atoms with Crippen LogP contribution in [0.2, 0.25) is 0 Å². The fraction of sp³-hybridized carbons (Fsp3) is 0.688. The zero-order chi connectivity index (χ0) is 19.3. The molecule has 2 amide bonds. The van der Waals surface area contributed by atoms with Gasteiger partial charge < -0.3 is 15.2 Å². The van der Waals surface area contributed by atoms with Crippen LogP contribution < -0.4 is 10.6 Å². The first-order valence-corrected chi connectivity index (χ1v) is 9.43. The standard InChI is InChI=1S/C16H22F3N3O3S/c1-9-7-13(22-25-9)21-15(24)10(2)26-8-14(23)20-12-6-4-3-5-11(12)16(17,18)19/h7,10-12H,3-6,8H2,1-2H3,(H,20,23)(H,21,22,24). The van der Waals surface area contributed by atoms with Crippen molar-refractivity contribution in [3.8, 4) is 0 Å². The third-order valence-corrected chi connectivity index (χ3v) is 5.39. The predicted molar refractivity (Wildman–Crippen MR) is 91.7 cm³/mol. The van der Waals surface area contributed by atoms with Gasteiger partial charge in [-0.05, 0) is 26.7 Å². The molecule has 0 aromatic carbocycles. The molecule has 0 spiro atoms. The largest absolute Gasteiger partial charge is 0.393 e. The van der Waals surface area contributed by atoms with Gasteiger partial charge in [-0.2, -0.15) is 13.2 Å². The number of hydrogen-bond acceptors (Lipinski definition) is 5. The van der Waals surface area contributed by atoms with Crippen LogP contribution in [0, 0.1) is 12.8 Å². The van der Waals surface area contributed by atoms with Crippen molar-refractivity contribution in [3.63, 3.8) is 0 Å². The van der Waals surface area contributed by atoms with E-state index in [-0.39, 0.29) is 23.9 Å². The normalized spacial score (nSPS) is 21.9. The number of carbonyl (C=O) groups excluding carboxylic acids is 2. The molecule has 2 N–H and O–H groups in total. The Hall–Kier alpha value is -1.71. The van der Waals surface area contributed by atoms with E-state index in [1.165, 1.54) is 0 Å². The second kappa shape index (κ2) is 8.79. The first-order chi connectivity index (χ1) is 12.2. The van der Waals surface area contributed by atoms with E-state index in [4.69, 9.17) is 4.52 Å². The van der Waals surface area contributed by atoms with Crippen LogP contribution in [0.5, 0.6) is 0 Å². The van der Waals surface area contributed by atoms with E-state index in [1.54, 1.807) is 19.9 Å². The van der Waals surface area contributed by atoms with E-state index in [0.29, 0.717) is 25.0 Å². The highest BCUT2D eigenvalue weighted by atomic mass is 32.2. The maximum atomic E-state index is 13.0. The van der Waals surface area contributed by atoms with Crippen LogP contribution in [-0.4, -0.2) is 40.2 Å². The minimum absolute atomic E-state index is 0.0392. The Labute approximate surface area is 153 Å². The molecule has 1 aromatic heterocycles. The SMILES string of the molecule is Cc1cc(NC(=O)C(C)SCC(=O)NC2CCCCC2C(F)(F)F)no1. The Morgan fingerprint density at radius 3 is 2.69 bits per heavy atom. The van der Waals surface area contributed by atoms with Gasteiger partial charge in [0.25, 0.3) is 0 Å². The topological polar surface area (TPSA) is 84.2 Å². The summed E-state index contributed by atoms with van der Waals surface area (Å²) < 4.78 is 44.0. The molecule has 1 aliphatic rings. The minimum Gasteiger partial charge on any atom is -0.360 e. The van der Waals surface area contributed by atoms with Crippen LogP contribution in [0.15, 0.2) is 10.6 Å². The van der Waals surface area contributed by atoms with Crippen LogP contribution >= 0.6 is 11.8 Å². The number of hydrogen-bond donors (Lipinski definition) is 2. The van der Waals surface area contributed by atoms with Crippen LogP contribution in [0.3, 0.4) is 0 Å². The molecule has 0 saturated heterocycles. The van der Waals surface area contributed by atoms with Gasteiger partial charge in [0.2, 0.25) is 11.8 Å². The average molecular weight is 393 g/mol. The maximum Gasteiger partial charge on any atom is 0.393 e. The van der Waals surface area contributed by atoms with Gasteiger partial charge in [-0.25, -0.2) is 0 Å². The highest BCUT2D eigenvalue weighted by molar-refractivity contribution is 8.01. The highest BCUT2D eigenvalue weighted by Crippen LogP contribution is 2.37. The first-order valence-electron chi connectivity index (χ1n) is 8.38. The summed E-state index contributed by atoms with van der Waals surface area (Å²) in [5, 5.41) is 8.11. The Bertz CT molecular complexity index is 636. The van der Waals surface area contributed by atoms with Crippen molar-refractivity contribution in [2.45, 2.75) is 57.0 Å². The second-order valence-corrected chi connectivity index (χ2v) is 7.70. The maximum absolute atomic E-state index is 13.0. The molecule has 1 saturated carbocycles. The number of amides is 2. The van der Waals surface area contributed by atoms with E-state index in [0.717, 1.165) is 11.8 Å². The summed E-state index contributed by atoms with van der Waals surface area (Å²) in [4.78, 5) is 24.0. The second-order valence-electron chi connectivity index (χ2n) is 6.37. The van der Waals surface area contributed by atoms with Crippen molar-refractivity contribution < 1.29 is 27.3 Å². The fourth-order valence-corrected chi connectivity index (χ4v) is 3.57. The molecule has 3 unspecified atom stereocenters. The van der Waals surface area contributed by atoms with Gasteiger partial charge in [0.1, 0.15) is 5.76 Å². The zero-order valence-electron chi connectivity index (χ0n) is 14.6. The van der Waals surface area contributed by atoms with Gasteiger partial charge in [0.05, 0.1) is 16.9 Å². The molecule has 1 fully saturated rings. The third kappa shape index (κ3) is 5.93. The summed E-state index contributed by atoms with van der Waals surface area (Å²) in [7, 11) is 0. The third-order valence-electron chi connectivity index (χ3n) is 4.25. The van der Waals surface area contributed by atoms with Crippen molar-refractivity contribution >= 4 is 29.4 Å². The molecule has 0 aliphatic heterocycles. The Morgan fingerprint density at radius 1 is 1.38 bits per heavy atom. The van der Waals surface area contributed by atoms with E-state index < -0.39 is 29.3 Å². The molecule has 1 heterocycles. The Balaban J connectivity index is 1.79. The molecule has 3 atom stereocenters. The lowest BCUT2D eigenvalue weighted by Gasteiger charge is -2.33. The van der Waals surface area contributed by atoms with Gasteiger partial charge in [-0.3, -0.25) is 9.59 Å². The molecular formula is C16H22F3N3O3S. The van der Waals surface area contributed by atoms with Gasteiger partial charge in [0, 0.05) is 12.1 Å². The van der Waals surface area contributed by atoms with Crippen LogP contribution in [0.4, 0.5) is 19.0 Å². The van der Waals surface area contributed by atoms with E-state index >= 15 is 0 Å². The highest BCUT2D eigenvalue weighted by Gasteiger charge is 2.45. The van der Waals surface area contributed by atoms with E-state index in [1.807, 2.05) is 0 Å². The lowest BCUT2D eigenvalue weighted by atomic mass is 9.84. The van der Waals surface area contributed by atoms with E-state index in [2.05, 4.69) is 15.8 Å². The number of nitrogens with zero attached hydrogens (tertiary/aromatic N) is 1. The number of aromatic nitrogens is 1. The number of anilines is 1. The summed E-state index contributed by atoms with van der Waals surface area (Å²) in [6.07, 6.45) is -2.77. The number of aryl methyl sites for hydroxylation is 1. The fourth-order valence-electron chi connectivity index (χ4n) is 2.87. The summed E-state index contributed by atoms with van der Waals surface area (Å²) in [5.41, 5.74) is 0. The number of nitrogens with one attached hydrogen (secondary N) is 2. The van der Waals surface area contributed by atoms with Crippen molar-refractivity contribution in [3.05, 3.63) is 11.8 Å². The molecule has 10 heteroatoms. The van der Waals surface area contributed by atoms with Crippen molar-refractivity contribution in [1.82, 2.24) is 10.5 Å². The average Bonchev–Trinajstić information content (AvgIpc) is 2.97. The number of halogens is 3. The predicted octanol–water partition coefficient (Wildman–Crippen LogP) is 3.28. The molecular weight excluding hydrogens is 371 g/mol. The first kappa shape index (κ1) is 20.6. The molecule has 6 nitrogen and oxygen atoms in total. The van der Waals surface area contributed by atoms with E-state index in [9.17, 15) is 22.8 Å². The summed E-state index contributed by atoms with van der Waals surface area (Å²) >= 11 is 1.05. The van der Waals surface area contributed by atoms with Gasteiger partial charge in [0.15, 0.2) is 5.82 Å². The number of rotatable bonds is 6. The lowest BCUT2D eigenvalue weighted by molar-refractivity contribution is -0.189. The summed E-state index contributed by atoms with van der Waals surface area (Å²) in [5.74, 6) is -1.62. The van der Waals surface area contributed by atoms with Crippen LogP contribution in [-0.2, 0) is 9.59 Å². The quantitative estimate of drug-likeness (QED) is 0.775. The van der Waals surface area contributed by atoms with Crippen molar-refractivity contribution in [1.29, 1.82) is 0 Å². The molecule has 146 valence electrons. The van der Waals surface area contributed by atoms with Gasteiger partial charge in [-0.15, -0.1) is 11.8 Å². The zero-order valence-corrected chi connectivity index (χ0v) is 15.4. The minimum atomic E-state index is -4.31. The summed E-state index contributed by atoms with van der Waals surface area (Å²) in [6, 6.07) is 0.668. The number of carbonyl (C=O) groups is 2. The van der Waals surface area contributed by atoms with Crippen molar-refractivity contribution in [2.75, 3.05) is 11.1 Å². The molecule has 26 heavy (non-hydrogen) atoms. The molecule has 0 bridgehead atoms. The Kier molecular flexibility index (Phi) is 6.96. The van der Waals surface area contributed by atoms with Crippen molar-refractivity contribution in [2.24, 2.45) is 5.92 Å². The lowest BCUT2D eigenvalue weighted by Crippen LogP contribution is -2.48. The number of thioether (sulfide) groups is 1. The smallest absolute Gasteiger partial charge is 0.360 e. The molecule has 2 rings (SSSR count). The number of alkyl halides is 3. The van der Waals surface area contributed by atoms with Gasteiger partial charge >= 0.3 is 6.18 Å². The molecule has 1 aliphatic carbocycles. The Morgan fingerprint density at radius 2 is 2.08 bits per heavy atom. The van der Waals surface area contributed by atoms with Crippen LogP contribution in [0.1, 0.15) is 38.4 Å². The molecule has 1 aromatic rings. The monoisotopic (exact) mass is 393 g/mol. The van der Waals surface area contributed by atoms with Gasteiger partial charge in [-0.1, -0.05) is 18.0 Å². The van der Waals surface area contributed by atoms with Crippen LogP contribution in [0.25, 0.3) is 0 Å². The molecule has 0 radical (unpaired) electrons.